The molecule has 2 N–H and O–H groups in total. The molecule has 0 bridgehead atoms. The Hall–Kier alpha value is -2.11. The van der Waals surface area contributed by atoms with Crippen LogP contribution in [0.3, 0.4) is 0 Å². The van der Waals surface area contributed by atoms with Gasteiger partial charge in [-0.1, -0.05) is 23.7 Å². The highest BCUT2D eigenvalue weighted by atomic mass is 35.5. The first-order chi connectivity index (χ1) is 14.2. The van der Waals surface area contributed by atoms with Crippen LogP contribution in [0.5, 0.6) is 0 Å². The molecule has 30 heavy (non-hydrogen) atoms. The summed E-state index contributed by atoms with van der Waals surface area (Å²) in [4.78, 5) is 13.0. The molecule has 1 fully saturated rings. The lowest BCUT2D eigenvalue weighted by Gasteiger charge is -2.38. The molecule has 2 unspecified atom stereocenters. The van der Waals surface area contributed by atoms with Crippen LogP contribution in [0.15, 0.2) is 42.5 Å². The van der Waals surface area contributed by atoms with Gasteiger partial charge in [-0.15, -0.1) is 0 Å². The fourth-order valence-electron chi connectivity index (χ4n) is 3.20. The predicted octanol–water partition coefficient (Wildman–Crippen LogP) is 2.85. The van der Waals surface area contributed by atoms with Gasteiger partial charge in [-0.05, 0) is 42.3 Å². The molecule has 1 amide bonds. The zero-order chi connectivity index (χ0) is 21.9. The maximum Gasteiger partial charge on any atom is 0.280 e. The van der Waals surface area contributed by atoms with E-state index in [9.17, 15) is 22.0 Å². The third kappa shape index (κ3) is 5.13. The molecule has 3 rings (SSSR count). The van der Waals surface area contributed by atoms with E-state index < -0.39 is 39.8 Å². The number of ether oxygens (including phenoxy) is 1. The van der Waals surface area contributed by atoms with E-state index in [0.717, 1.165) is 10.4 Å². The molecular weight excluding hydrogens is 440 g/mol. The average molecular weight is 460 g/mol. The summed E-state index contributed by atoms with van der Waals surface area (Å²) in [6, 6.07) is 7.21. The number of hydrogen-bond acceptors (Lipinski definition) is 4. The first-order valence-corrected chi connectivity index (χ1v) is 10.8. The topological polar surface area (TPSA) is 87.7 Å². The van der Waals surface area contributed by atoms with Gasteiger partial charge in [0.05, 0.1) is 11.6 Å². The Kier molecular flexibility index (Phi) is 7.04. The van der Waals surface area contributed by atoms with Gasteiger partial charge in [0.15, 0.2) is 0 Å². The molecule has 0 radical (unpaired) electrons. The van der Waals surface area contributed by atoms with Gasteiger partial charge >= 0.3 is 0 Å². The van der Waals surface area contributed by atoms with E-state index >= 15 is 0 Å². The van der Waals surface area contributed by atoms with Crippen LogP contribution in [0.1, 0.15) is 18.0 Å². The zero-order valence-electron chi connectivity index (χ0n) is 15.9. The minimum absolute atomic E-state index is 0.0514. The number of carbonyl (C=O) groups excluding carboxylic acids is 1. The van der Waals surface area contributed by atoms with Crippen molar-refractivity contribution in [2.45, 2.75) is 18.5 Å². The Bertz CT molecular complexity index is 1020. The monoisotopic (exact) mass is 459 g/mol. The van der Waals surface area contributed by atoms with Crippen molar-refractivity contribution in [3.05, 3.63) is 64.7 Å². The number of amides is 1. The van der Waals surface area contributed by atoms with Crippen LogP contribution in [0, 0.1) is 11.6 Å². The third-order valence-corrected chi connectivity index (χ3v) is 6.61. The minimum atomic E-state index is -4.04. The van der Waals surface area contributed by atoms with Crippen LogP contribution >= 0.6 is 11.6 Å². The van der Waals surface area contributed by atoms with Crippen molar-refractivity contribution in [2.75, 3.05) is 25.6 Å². The Balaban J connectivity index is 1.89. The SMILES string of the molecule is COCCN1C(C(=O)Nc2ccc(F)c(Cl)c2)CC(c2ccc(F)cc2)NS1(=O)=O. The van der Waals surface area contributed by atoms with Gasteiger partial charge < -0.3 is 10.1 Å². The summed E-state index contributed by atoms with van der Waals surface area (Å²) in [6.07, 6.45) is 0.0926. The first-order valence-electron chi connectivity index (χ1n) is 9.00. The Morgan fingerprint density at radius 1 is 1.27 bits per heavy atom. The molecule has 2 aromatic rings. The Morgan fingerprint density at radius 2 is 1.97 bits per heavy atom. The van der Waals surface area contributed by atoms with Crippen molar-refractivity contribution in [3.8, 4) is 0 Å². The maximum absolute atomic E-state index is 13.4. The molecule has 1 saturated heterocycles. The number of halogens is 3. The summed E-state index contributed by atoms with van der Waals surface area (Å²) in [6.45, 7) is 0.0263. The Morgan fingerprint density at radius 3 is 2.60 bits per heavy atom. The lowest BCUT2D eigenvalue weighted by atomic mass is 9.99. The van der Waals surface area contributed by atoms with Crippen LogP contribution in [0.2, 0.25) is 5.02 Å². The second-order valence-electron chi connectivity index (χ2n) is 6.70. The largest absolute Gasteiger partial charge is 0.383 e. The number of nitrogens with one attached hydrogen (secondary N) is 2. The summed E-state index contributed by atoms with van der Waals surface area (Å²) >= 11 is 5.75. The van der Waals surface area contributed by atoms with Gasteiger partial charge in [0.1, 0.15) is 17.7 Å². The molecule has 1 aliphatic heterocycles. The number of methoxy groups -OCH3 is 1. The van der Waals surface area contributed by atoms with Gasteiger partial charge in [0, 0.05) is 25.4 Å². The van der Waals surface area contributed by atoms with Crippen molar-refractivity contribution in [1.29, 1.82) is 0 Å². The standard InChI is InChI=1S/C19H20ClF2N3O4S/c1-29-9-8-25-18(19(26)23-14-6-7-16(22)15(20)10-14)11-17(24-30(25,27)28)12-2-4-13(21)5-3-12/h2-7,10,17-18,24H,8-9,11H2,1H3,(H,23,26). The summed E-state index contributed by atoms with van der Waals surface area (Å²) in [5.41, 5.74) is 0.751. The highest BCUT2D eigenvalue weighted by molar-refractivity contribution is 7.87. The molecule has 0 aliphatic carbocycles. The smallest absolute Gasteiger partial charge is 0.280 e. The van der Waals surface area contributed by atoms with Crippen LogP contribution in [-0.4, -0.2) is 44.9 Å². The number of rotatable bonds is 6. The van der Waals surface area contributed by atoms with Crippen LogP contribution < -0.4 is 10.0 Å². The normalized spacial score (nSPS) is 21.3. The van der Waals surface area contributed by atoms with Crippen molar-refractivity contribution in [2.24, 2.45) is 0 Å². The third-order valence-electron chi connectivity index (χ3n) is 4.68. The van der Waals surface area contributed by atoms with Gasteiger partial charge in [-0.3, -0.25) is 4.79 Å². The van der Waals surface area contributed by atoms with E-state index in [0.29, 0.717) is 5.56 Å². The van der Waals surface area contributed by atoms with Crippen molar-refractivity contribution in [3.63, 3.8) is 0 Å². The van der Waals surface area contributed by atoms with E-state index in [1.54, 1.807) is 0 Å². The fraction of sp³-hybridized carbons (Fsp3) is 0.316. The first kappa shape index (κ1) is 22.6. The number of nitrogens with zero attached hydrogens (tertiary/aromatic N) is 1. The van der Waals surface area contributed by atoms with Crippen LogP contribution in [-0.2, 0) is 19.7 Å². The molecule has 11 heteroatoms. The van der Waals surface area contributed by atoms with Crippen molar-refractivity contribution >= 4 is 33.4 Å². The molecule has 7 nitrogen and oxygen atoms in total. The number of carbonyl (C=O) groups is 1. The maximum atomic E-state index is 13.4. The van der Waals surface area contributed by atoms with Gasteiger partial charge in [0.25, 0.3) is 10.2 Å². The summed E-state index contributed by atoms with van der Waals surface area (Å²) < 4.78 is 60.8. The van der Waals surface area contributed by atoms with E-state index in [4.69, 9.17) is 16.3 Å². The quantitative estimate of drug-likeness (QED) is 0.695. The van der Waals surface area contributed by atoms with Crippen LogP contribution in [0.25, 0.3) is 0 Å². The number of benzene rings is 2. The van der Waals surface area contributed by atoms with Crippen molar-refractivity contribution < 1.29 is 26.7 Å². The lowest BCUT2D eigenvalue weighted by Crippen LogP contribution is -2.58. The average Bonchev–Trinajstić information content (AvgIpc) is 2.69. The van der Waals surface area contributed by atoms with E-state index in [1.807, 2.05) is 0 Å². The molecule has 2 atom stereocenters. The lowest BCUT2D eigenvalue weighted by molar-refractivity contribution is -0.120. The predicted molar refractivity (Wildman–Crippen MR) is 108 cm³/mol. The molecule has 0 aromatic heterocycles. The van der Waals surface area contributed by atoms with Gasteiger partial charge in [-0.2, -0.15) is 17.4 Å². The molecule has 0 spiro atoms. The number of anilines is 1. The summed E-state index contributed by atoms with van der Waals surface area (Å²) in [5, 5.41) is 2.41. The molecule has 1 heterocycles. The second-order valence-corrected chi connectivity index (χ2v) is 8.76. The van der Waals surface area contributed by atoms with Gasteiger partial charge in [0.2, 0.25) is 5.91 Å². The summed E-state index contributed by atoms with van der Waals surface area (Å²) in [5.74, 6) is -1.70. The minimum Gasteiger partial charge on any atom is -0.383 e. The zero-order valence-corrected chi connectivity index (χ0v) is 17.5. The fourth-order valence-corrected chi connectivity index (χ4v) is 4.94. The Labute approximate surface area is 178 Å². The molecule has 2 aromatic carbocycles. The van der Waals surface area contributed by atoms with Crippen molar-refractivity contribution in [1.82, 2.24) is 9.03 Å². The summed E-state index contributed by atoms with van der Waals surface area (Å²) in [7, 11) is -2.62. The van der Waals surface area contributed by atoms with Crippen LogP contribution in [0.4, 0.5) is 14.5 Å². The van der Waals surface area contributed by atoms with E-state index in [1.165, 1.54) is 43.5 Å². The second kappa shape index (κ2) is 9.36. The molecule has 1 aliphatic rings. The van der Waals surface area contributed by atoms with E-state index in [-0.39, 0.29) is 30.3 Å². The number of hydrogen-bond donors (Lipinski definition) is 2. The molecule has 162 valence electrons. The highest BCUT2D eigenvalue weighted by Crippen LogP contribution is 2.30. The van der Waals surface area contributed by atoms with E-state index in [2.05, 4.69) is 10.0 Å². The highest BCUT2D eigenvalue weighted by Gasteiger charge is 2.42. The molecular formula is C19H20ClF2N3O4S. The van der Waals surface area contributed by atoms with Gasteiger partial charge in [-0.25, -0.2) is 8.78 Å². The molecule has 0 saturated carbocycles.